The van der Waals surface area contributed by atoms with Crippen molar-refractivity contribution in [2.45, 2.75) is 20.0 Å². The van der Waals surface area contributed by atoms with Gasteiger partial charge in [-0.3, -0.25) is 4.79 Å². The van der Waals surface area contributed by atoms with Crippen molar-refractivity contribution in [2.75, 3.05) is 19.8 Å². The Labute approximate surface area is 117 Å². The van der Waals surface area contributed by atoms with Crippen molar-refractivity contribution in [3.05, 3.63) is 29.8 Å². The molecule has 1 aromatic rings. The fourth-order valence-electron chi connectivity index (χ4n) is 1.48. The molecule has 0 saturated heterocycles. The number of carbonyl (C=O) groups is 2. The highest BCUT2D eigenvalue weighted by atomic mass is 16.5. The lowest BCUT2D eigenvalue weighted by Gasteiger charge is -2.11. The van der Waals surface area contributed by atoms with Gasteiger partial charge in [-0.1, -0.05) is 6.07 Å². The predicted molar refractivity (Wildman–Crippen MR) is 73.0 cm³/mol. The van der Waals surface area contributed by atoms with Crippen LogP contribution in [0.3, 0.4) is 0 Å². The summed E-state index contributed by atoms with van der Waals surface area (Å²) >= 11 is 0. The minimum atomic E-state index is -1.03. The first-order valence-electron chi connectivity index (χ1n) is 6.33. The summed E-state index contributed by atoms with van der Waals surface area (Å²) in [4.78, 5) is 22.1. The number of carbonyl (C=O) groups excluding carboxylic acids is 1. The van der Waals surface area contributed by atoms with Gasteiger partial charge in [0.15, 0.2) is 0 Å². The van der Waals surface area contributed by atoms with E-state index in [-0.39, 0.29) is 31.8 Å². The summed E-state index contributed by atoms with van der Waals surface area (Å²) in [5, 5.41) is 11.0. The fraction of sp³-hybridized carbons (Fsp3) is 0.429. The van der Waals surface area contributed by atoms with E-state index < -0.39 is 5.97 Å². The Morgan fingerprint density at radius 3 is 2.75 bits per heavy atom. The van der Waals surface area contributed by atoms with Gasteiger partial charge in [0.1, 0.15) is 12.4 Å². The maximum atomic E-state index is 11.8. The molecule has 0 saturated carbocycles. The minimum absolute atomic E-state index is 0.0396. The van der Waals surface area contributed by atoms with E-state index in [9.17, 15) is 9.59 Å². The minimum Gasteiger partial charge on any atom is -0.491 e. The van der Waals surface area contributed by atoms with E-state index >= 15 is 0 Å². The van der Waals surface area contributed by atoms with Gasteiger partial charge < -0.3 is 19.9 Å². The highest BCUT2D eigenvalue weighted by Gasteiger charge is 2.07. The van der Waals surface area contributed by atoms with Gasteiger partial charge in [0.2, 0.25) is 0 Å². The van der Waals surface area contributed by atoms with Gasteiger partial charge in [-0.25, -0.2) is 4.79 Å². The van der Waals surface area contributed by atoms with Crippen molar-refractivity contribution >= 4 is 11.9 Å². The first kappa shape index (κ1) is 16.0. The second kappa shape index (κ2) is 8.16. The molecule has 110 valence electrons. The van der Waals surface area contributed by atoms with Crippen LogP contribution < -0.4 is 10.1 Å². The third-order valence-corrected chi connectivity index (χ3v) is 2.23. The molecule has 0 heterocycles. The molecule has 0 fully saturated rings. The summed E-state index contributed by atoms with van der Waals surface area (Å²) in [5.74, 6) is -0.650. The molecule has 0 bridgehead atoms. The third kappa shape index (κ3) is 6.19. The monoisotopic (exact) mass is 281 g/mol. The summed E-state index contributed by atoms with van der Waals surface area (Å²) in [6, 6.07) is 6.87. The van der Waals surface area contributed by atoms with E-state index in [0.29, 0.717) is 11.3 Å². The number of hydrogen-bond acceptors (Lipinski definition) is 4. The number of carboxylic acid groups (broad SMARTS) is 1. The Bertz CT molecular complexity index is 459. The number of hydrogen-bond donors (Lipinski definition) is 2. The molecular formula is C14H19NO5. The first-order chi connectivity index (χ1) is 9.49. The average Bonchev–Trinajstić information content (AvgIpc) is 2.37. The highest BCUT2D eigenvalue weighted by molar-refractivity contribution is 5.94. The number of nitrogens with one attached hydrogen (secondary N) is 1. The van der Waals surface area contributed by atoms with Gasteiger partial charge in [0.05, 0.1) is 12.7 Å². The number of carboxylic acids is 1. The molecule has 0 aliphatic rings. The van der Waals surface area contributed by atoms with Crippen LogP contribution in [-0.2, 0) is 9.53 Å². The second-order valence-corrected chi connectivity index (χ2v) is 4.40. The summed E-state index contributed by atoms with van der Waals surface area (Å²) in [5.41, 5.74) is 0.487. The normalized spacial score (nSPS) is 10.3. The standard InChI is InChI=1S/C14H19NO5/c1-10(2)20-12-5-3-4-11(8-12)14(18)15-6-7-19-9-13(16)17/h3-5,8,10H,6-7,9H2,1-2H3,(H,15,18)(H,16,17). The van der Waals surface area contributed by atoms with Crippen LogP contribution in [0.4, 0.5) is 0 Å². The second-order valence-electron chi connectivity index (χ2n) is 4.40. The summed E-state index contributed by atoms with van der Waals surface area (Å²) in [7, 11) is 0. The molecule has 0 spiro atoms. The van der Waals surface area contributed by atoms with Crippen LogP contribution in [0.5, 0.6) is 5.75 Å². The van der Waals surface area contributed by atoms with Gasteiger partial charge in [0.25, 0.3) is 5.91 Å². The third-order valence-electron chi connectivity index (χ3n) is 2.23. The van der Waals surface area contributed by atoms with Crippen molar-refractivity contribution in [1.29, 1.82) is 0 Å². The van der Waals surface area contributed by atoms with Crippen molar-refractivity contribution in [3.63, 3.8) is 0 Å². The molecule has 2 N–H and O–H groups in total. The lowest BCUT2D eigenvalue weighted by Crippen LogP contribution is -2.28. The molecule has 1 rings (SSSR count). The van der Waals surface area contributed by atoms with Crippen LogP contribution in [-0.4, -0.2) is 42.8 Å². The zero-order chi connectivity index (χ0) is 15.0. The molecule has 0 unspecified atom stereocenters. The zero-order valence-electron chi connectivity index (χ0n) is 11.6. The number of benzene rings is 1. The van der Waals surface area contributed by atoms with Crippen molar-refractivity contribution in [3.8, 4) is 5.75 Å². The van der Waals surface area contributed by atoms with Crippen molar-refractivity contribution in [1.82, 2.24) is 5.32 Å². The van der Waals surface area contributed by atoms with Crippen LogP contribution in [0.15, 0.2) is 24.3 Å². The Morgan fingerprint density at radius 1 is 1.35 bits per heavy atom. The average molecular weight is 281 g/mol. The number of amides is 1. The molecule has 1 aromatic carbocycles. The first-order valence-corrected chi connectivity index (χ1v) is 6.33. The fourth-order valence-corrected chi connectivity index (χ4v) is 1.48. The summed E-state index contributed by atoms with van der Waals surface area (Å²) < 4.78 is 10.3. The maximum Gasteiger partial charge on any atom is 0.329 e. The van der Waals surface area contributed by atoms with Gasteiger partial charge in [-0.2, -0.15) is 0 Å². The molecule has 0 atom stereocenters. The molecule has 0 aliphatic heterocycles. The molecule has 20 heavy (non-hydrogen) atoms. The van der Waals surface area contributed by atoms with Crippen molar-refractivity contribution < 1.29 is 24.2 Å². The smallest absolute Gasteiger partial charge is 0.329 e. The summed E-state index contributed by atoms with van der Waals surface area (Å²) in [6.45, 7) is 3.86. The zero-order valence-corrected chi connectivity index (χ0v) is 11.6. The number of aliphatic carboxylic acids is 1. The highest BCUT2D eigenvalue weighted by Crippen LogP contribution is 2.14. The van der Waals surface area contributed by atoms with E-state index in [1.807, 2.05) is 13.8 Å². The van der Waals surface area contributed by atoms with E-state index in [0.717, 1.165) is 0 Å². The van der Waals surface area contributed by atoms with Gasteiger partial charge in [-0.05, 0) is 32.0 Å². The Hall–Kier alpha value is -2.08. The Kier molecular flexibility index (Phi) is 6.52. The molecule has 6 heteroatoms. The van der Waals surface area contributed by atoms with E-state index in [1.165, 1.54) is 0 Å². The molecule has 0 radical (unpaired) electrons. The largest absolute Gasteiger partial charge is 0.491 e. The van der Waals surface area contributed by atoms with Gasteiger partial charge >= 0.3 is 5.97 Å². The topological polar surface area (TPSA) is 84.9 Å². The molecular weight excluding hydrogens is 262 g/mol. The Morgan fingerprint density at radius 2 is 2.10 bits per heavy atom. The summed E-state index contributed by atoms with van der Waals surface area (Å²) in [6.07, 6.45) is 0.0396. The maximum absolute atomic E-state index is 11.8. The van der Waals surface area contributed by atoms with E-state index in [1.54, 1.807) is 24.3 Å². The van der Waals surface area contributed by atoms with Crippen LogP contribution in [0, 0.1) is 0 Å². The van der Waals surface area contributed by atoms with E-state index in [2.05, 4.69) is 5.32 Å². The van der Waals surface area contributed by atoms with Gasteiger partial charge in [-0.15, -0.1) is 0 Å². The number of ether oxygens (including phenoxy) is 2. The molecule has 1 amide bonds. The number of rotatable bonds is 8. The Balaban J connectivity index is 2.41. The lowest BCUT2D eigenvalue weighted by atomic mass is 10.2. The molecule has 0 aliphatic carbocycles. The predicted octanol–water partition coefficient (Wildman–Crippen LogP) is 1.30. The van der Waals surface area contributed by atoms with Crippen LogP contribution >= 0.6 is 0 Å². The lowest BCUT2D eigenvalue weighted by molar-refractivity contribution is -0.142. The SMILES string of the molecule is CC(C)Oc1cccc(C(=O)NCCOCC(=O)O)c1. The van der Waals surface area contributed by atoms with Crippen LogP contribution in [0.2, 0.25) is 0 Å². The van der Waals surface area contributed by atoms with E-state index in [4.69, 9.17) is 14.6 Å². The van der Waals surface area contributed by atoms with Crippen molar-refractivity contribution in [2.24, 2.45) is 0 Å². The van der Waals surface area contributed by atoms with Gasteiger partial charge in [0, 0.05) is 12.1 Å². The quantitative estimate of drug-likeness (QED) is 0.702. The van der Waals surface area contributed by atoms with Crippen LogP contribution in [0.1, 0.15) is 24.2 Å². The van der Waals surface area contributed by atoms with Crippen LogP contribution in [0.25, 0.3) is 0 Å². The molecule has 6 nitrogen and oxygen atoms in total. The molecule has 0 aromatic heterocycles.